The Bertz CT molecular complexity index is 417. The molecule has 2 unspecified atom stereocenters. The van der Waals surface area contributed by atoms with Crippen molar-refractivity contribution in [2.24, 2.45) is 5.92 Å². The molecule has 20 heavy (non-hydrogen) atoms. The molecule has 1 aliphatic heterocycles. The Kier molecular flexibility index (Phi) is 5.11. The lowest BCUT2D eigenvalue weighted by molar-refractivity contribution is 0.151. The number of benzene rings is 1. The van der Waals surface area contributed by atoms with Crippen LogP contribution in [0.5, 0.6) is 0 Å². The van der Waals surface area contributed by atoms with Gasteiger partial charge in [0.15, 0.2) is 0 Å². The maximum atomic E-state index is 12.6. The molecule has 1 fully saturated rings. The average molecular weight is 282 g/mol. The van der Waals surface area contributed by atoms with Gasteiger partial charge < -0.3 is 5.32 Å². The van der Waals surface area contributed by atoms with E-state index >= 15 is 0 Å². The van der Waals surface area contributed by atoms with E-state index in [1.165, 1.54) is 0 Å². The number of likely N-dealkylation sites (tertiary alicyclic amines) is 1. The van der Waals surface area contributed by atoms with Gasteiger partial charge >= 0.3 is 0 Å². The van der Waals surface area contributed by atoms with Crippen LogP contribution in [0.15, 0.2) is 24.3 Å². The van der Waals surface area contributed by atoms with Gasteiger partial charge in [0.1, 0.15) is 0 Å². The minimum atomic E-state index is -2.39. The standard InChI is InChI=1S/C16H24F2N2/c1-11(2)19-10-14-8-9-20(3)15(14)12-4-6-13(7-5-12)16(17)18/h4-7,11,14-16,19H,8-10H2,1-3H3. The van der Waals surface area contributed by atoms with E-state index in [1.807, 2.05) is 12.1 Å². The van der Waals surface area contributed by atoms with Crippen molar-refractivity contribution in [2.75, 3.05) is 20.1 Å². The highest BCUT2D eigenvalue weighted by Gasteiger charge is 2.32. The molecule has 2 nitrogen and oxygen atoms in total. The maximum Gasteiger partial charge on any atom is 0.263 e. The smallest absolute Gasteiger partial charge is 0.263 e. The van der Waals surface area contributed by atoms with E-state index in [9.17, 15) is 8.78 Å². The van der Waals surface area contributed by atoms with Crippen LogP contribution in [-0.2, 0) is 0 Å². The number of nitrogens with one attached hydrogen (secondary N) is 1. The first-order chi connectivity index (χ1) is 9.49. The molecule has 2 rings (SSSR count). The van der Waals surface area contributed by atoms with Crippen LogP contribution in [-0.4, -0.2) is 31.1 Å². The van der Waals surface area contributed by atoms with Crippen LogP contribution in [0.4, 0.5) is 8.78 Å². The lowest BCUT2D eigenvalue weighted by Crippen LogP contribution is -2.32. The first-order valence-corrected chi connectivity index (χ1v) is 7.30. The van der Waals surface area contributed by atoms with E-state index in [0.717, 1.165) is 25.1 Å². The molecule has 0 saturated carbocycles. The zero-order valence-electron chi connectivity index (χ0n) is 12.4. The third-order valence-electron chi connectivity index (χ3n) is 4.09. The molecule has 0 spiro atoms. The molecule has 2 atom stereocenters. The number of hydrogen-bond acceptors (Lipinski definition) is 2. The molecule has 112 valence electrons. The number of halogens is 2. The zero-order valence-corrected chi connectivity index (χ0v) is 12.4. The van der Waals surface area contributed by atoms with Crippen LogP contribution >= 0.6 is 0 Å². The Morgan fingerprint density at radius 1 is 1.25 bits per heavy atom. The summed E-state index contributed by atoms with van der Waals surface area (Å²) in [7, 11) is 2.11. The summed E-state index contributed by atoms with van der Waals surface area (Å²) < 4.78 is 25.2. The Hall–Kier alpha value is -1.00. The second kappa shape index (κ2) is 6.64. The van der Waals surface area contributed by atoms with Crippen LogP contribution in [0.2, 0.25) is 0 Å². The van der Waals surface area contributed by atoms with E-state index in [4.69, 9.17) is 0 Å². The van der Waals surface area contributed by atoms with Gasteiger partial charge in [-0.15, -0.1) is 0 Å². The fraction of sp³-hybridized carbons (Fsp3) is 0.625. The van der Waals surface area contributed by atoms with Crippen LogP contribution in [0.1, 0.15) is 43.9 Å². The highest BCUT2D eigenvalue weighted by atomic mass is 19.3. The highest BCUT2D eigenvalue weighted by molar-refractivity contribution is 5.27. The average Bonchev–Trinajstić information content (AvgIpc) is 2.77. The van der Waals surface area contributed by atoms with Crippen molar-refractivity contribution in [3.63, 3.8) is 0 Å². The molecule has 1 saturated heterocycles. The van der Waals surface area contributed by atoms with E-state index in [1.54, 1.807) is 12.1 Å². The van der Waals surface area contributed by atoms with Crippen LogP contribution in [0.25, 0.3) is 0 Å². The first-order valence-electron chi connectivity index (χ1n) is 7.30. The van der Waals surface area contributed by atoms with E-state index in [-0.39, 0.29) is 5.56 Å². The van der Waals surface area contributed by atoms with Gasteiger partial charge in [-0.1, -0.05) is 38.1 Å². The van der Waals surface area contributed by atoms with Crippen molar-refractivity contribution < 1.29 is 8.78 Å². The second-order valence-corrected chi connectivity index (χ2v) is 6.00. The predicted molar refractivity (Wildman–Crippen MR) is 78.0 cm³/mol. The number of nitrogens with zero attached hydrogens (tertiary/aromatic N) is 1. The molecule has 0 aromatic heterocycles. The molecule has 4 heteroatoms. The number of hydrogen-bond donors (Lipinski definition) is 1. The van der Waals surface area contributed by atoms with Crippen molar-refractivity contribution in [1.82, 2.24) is 10.2 Å². The Balaban J connectivity index is 2.10. The molecule has 1 heterocycles. The largest absolute Gasteiger partial charge is 0.314 e. The van der Waals surface area contributed by atoms with Crippen LogP contribution in [0, 0.1) is 5.92 Å². The molecular formula is C16H24F2N2. The van der Waals surface area contributed by atoms with Crippen molar-refractivity contribution in [3.8, 4) is 0 Å². The van der Waals surface area contributed by atoms with Gasteiger partial charge in [0.2, 0.25) is 0 Å². The molecule has 1 aliphatic rings. The monoisotopic (exact) mass is 282 g/mol. The first kappa shape index (κ1) is 15.4. The van der Waals surface area contributed by atoms with Gasteiger partial charge in [0, 0.05) is 24.2 Å². The summed E-state index contributed by atoms with van der Waals surface area (Å²) in [6.07, 6.45) is -1.24. The summed E-state index contributed by atoms with van der Waals surface area (Å²) in [5, 5.41) is 3.49. The van der Waals surface area contributed by atoms with Crippen molar-refractivity contribution in [1.29, 1.82) is 0 Å². The van der Waals surface area contributed by atoms with E-state index in [2.05, 4.69) is 31.1 Å². The number of rotatable bonds is 5. The van der Waals surface area contributed by atoms with Gasteiger partial charge in [-0.2, -0.15) is 0 Å². The quantitative estimate of drug-likeness (QED) is 0.887. The van der Waals surface area contributed by atoms with Crippen molar-refractivity contribution in [3.05, 3.63) is 35.4 Å². The van der Waals surface area contributed by atoms with Crippen molar-refractivity contribution in [2.45, 2.75) is 38.8 Å². The van der Waals surface area contributed by atoms with Crippen LogP contribution < -0.4 is 5.32 Å². The predicted octanol–water partition coefficient (Wildman–Crippen LogP) is 3.62. The second-order valence-electron chi connectivity index (χ2n) is 6.00. The summed E-state index contributed by atoms with van der Waals surface area (Å²) >= 11 is 0. The molecule has 1 N–H and O–H groups in total. The van der Waals surface area contributed by atoms with Gasteiger partial charge in [-0.25, -0.2) is 8.78 Å². The summed E-state index contributed by atoms with van der Waals surface area (Å²) in [6.45, 7) is 6.32. The fourth-order valence-corrected chi connectivity index (χ4v) is 2.99. The Labute approximate surface area is 120 Å². The topological polar surface area (TPSA) is 15.3 Å². The summed E-state index contributed by atoms with van der Waals surface area (Å²) in [6, 6.07) is 7.63. The van der Waals surface area contributed by atoms with Crippen LogP contribution in [0.3, 0.4) is 0 Å². The Morgan fingerprint density at radius 3 is 2.45 bits per heavy atom. The summed E-state index contributed by atoms with van der Waals surface area (Å²) in [5.41, 5.74) is 1.25. The fourth-order valence-electron chi connectivity index (χ4n) is 2.99. The molecule has 0 radical (unpaired) electrons. The zero-order chi connectivity index (χ0) is 14.7. The third kappa shape index (κ3) is 3.55. The maximum absolute atomic E-state index is 12.6. The third-order valence-corrected chi connectivity index (χ3v) is 4.09. The normalized spacial score (nSPS) is 23.9. The van der Waals surface area contributed by atoms with Gasteiger partial charge in [-0.3, -0.25) is 4.90 Å². The Morgan fingerprint density at radius 2 is 1.90 bits per heavy atom. The van der Waals surface area contributed by atoms with Gasteiger partial charge in [0.25, 0.3) is 6.43 Å². The summed E-state index contributed by atoms with van der Waals surface area (Å²) in [4.78, 5) is 2.32. The van der Waals surface area contributed by atoms with Crippen molar-refractivity contribution >= 4 is 0 Å². The molecular weight excluding hydrogens is 258 g/mol. The highest BCUT2D eigenvalue weighted by Crippen LogP contribution is 2.36. The number of alkyl halides is 2. The molecule has 0 aliphatic carbocycles. The van der Waals surface area contributed by atoms with E-state index in [0.29, 0.717) is 18.0 Å². The lowest BCUT2D eigenvalue weighted by Gasteiger charge is -2.26. The van der Waals surface area contributed by atoms with Gasteiger partial charge in [0.05, 0.1) is 0 Å². The molecule has 1 aromatic rings. The molecule has 0 bridgehead atoms. The lowest BCUT2D eigenvalue weighted by atomic mass is 9.93. The molecule has 1 aromatic carbocycles. The van der Waals surface area contributed by atoms with Gasteiger partial charge in [-0.05, 0) is 31.5 Å². The summed E-state index contributed by atoms with van der Waals surface area (Å²) in [5.74, 6) is 0.541. The van der Waals surface area contributed by atoms with E-state index < -0.39 is 6.43 Å². The minimum absolute atomic E-state index is 0.103. The SMILES string of the molecule is CC(C)NCC1CCN(C)C1c1ccc(C(F)F)cc1. The molecule has 0 amide bonds. The minimum Gasteiger partial charge on any atom is -0.314 e.